The summed E-state index contributed by atoms with van der Waals surface area (Å²) in [6.45, 7) is 0. The average molecular weight is 155 g/mol. The number of hydrogen-bond donors (Lipinski definition) is 0. The summed E-state index contributed by atoms with van der Waals surface area (Å²) in [4.78, 5) is 3.20. The Morgan fingerprint density at radius 2 is 1.67 bits per heavy atom. The van der Waals surface area contributed by atoms with Crippen molar-refractivity contribution in [3.63, 3.8) is 0 Å². The van der Waals surface area contributed by atoms with Crippen LogP contribution in [0, 0.1) is 5.39 Å². The zero-order chi connectivity index (χ0) is 8.39. The van der Waals surface area contributed by atoms with Gasteiger partial charge in [-0.3, -0.25) is 0 Å². The van der Waals surface area contributed by atoms with Gasteiger partial charge < -0.3 is 0 Å². The van der Waals surface area contributed by atoms with Crippen LogP contribution in [0.15, 0.2) is 42.5 Å². The van der Waals surface area contributed by atoms with Gasteiger partial charge in [0.05, 0.1) is 5.39 Å². The Morgan fingerprint density at radius 1 is 0.917 bits per heavy atom. The van der Waals surface area contributed by atoms with Crippen LogP contribution >= 0.6 is 0 Å². The molecule has 12 heavy (non-hydrogen) atoms. The lowest BCUT2D eigenvalue weighted by Crippen LogP contribution is -1.69. The Morgan fingerprint density at radius 3 is 2.50 bits per heavy atom. The second-order valence-corrected chi connectivity index (χ2v) is 2.60. The van der Waals surface area contributed by atoms with Crippen molar-refractivity contribution in [3.8, 4) is 0 Å². The molecule has 2 heteroatoms. The third-order valence-electron chi connectivity index (χ3n) is 1.87. The van der Waals surface area contributed by atoms with E-state index < -0.39 is 0 Å². The van der Waals surface area contributed by atoms with Gasteiger partial charge in [-0.05, 0) is 11.5 Å². The van der Waals surface area contributed by atoms with Crippen LogP contribution in [0.2, 0.25) is 0 Å². The van der Waals surface area contributed by atoms with Crippen molar-refractivity contribution in [2.24, 2.45) is 0 Å². The SMILES string of the molecule is N#[N+]c1cccc2ccccc12. The first-order valence-electron chi connectivity index (χ1n) is 3.74. The van der Waals surface area contributed by atoms with Crippen LogP contribution in [0.5, 0.6) is 0 Å². The molecule has 0 unspecified atom stereocenters. The summed E-state index contributed by atoms with van der Waals surface area (Å²) in [5, 5.41) is 10.7. The van der Waals surface area contributed by atoms with Crippen molar-refractivity contribution in [3.05, 3.63) is 47.4 Å². The maximum Gasteiger partial charge on any atom is 0.392 e. The summed E-state index contributed by atoms with van der Waals surface area (Å²) in [6, 6.07) is 13.5. The molecular formula is C10H7N2+. The van der Waals surface area contributed by atoms with Crippen molar-refractivity contribution in [1.82, 2.24) is 0 Å². The minimum atomic E-state index is 0.619. The molecule has 0 heterocycles. The second-order valence-electron chi connectivity index (χ2n) is 2.60. The number of hydrogen-bond acceptors (Lipinski definition) is 1. The van der Waals surface area contributed by atoms with E-state index in [1.807, 2.05) is 36.4 Å². The van der Waals surface area contributed by atoms with Crippen LogP contribution in [0.3, 0.4) is 0 Å². The maximum atomic E-state index is 8.66. The molecule has 2 rings (SSSR count). The number of nitrogens with zero attached hydrogens (tertiary/aromatic N) is 2. The molecule has 0 aromatic heterocycles. The fourth-order valence-electron chi connectivity index (χ4n) is 1.30. The summed E-state index contributed by atoms with van der Waals surface area (Å²) >= 11 is 0. The average Bonchev–Trinajstić information content (AvgIpc) is 2.17. The highest BCUT2D eigenvalue weighted by Gasteiger charge is 2.08. The number of rotatable bonds is 0. The van der Waals surface area contributed by atoms with Crippen LogP contribution in [0.1, 0.15) is 0 Å². The Balaban J connectivity index is 2.91. The van der Waals surface area contributed by atoms with E-state index >= 15 is 0 Å². The molecule has 2 aromatic rings. The summed E-state index contributed by atoms with van der Waals surface area (Å²) in [5.41, 5.74) is 0.619. The standard InChI is InChI=1S/C10H7N2/c11-12-10-7-3-5-8-4-1-2-6-9(8)10/h1-7H/q+1. The third-order valence-corrected chi connectivity index (χ3v) is 1.87. The van der Waals surface area contributed by atoms with E-state index in [-0.39, 0.29) is 0 Å². The van der Waals surface area contributed by atoms with E-state index in [1.54, 1.807) is 6.07 Å². The molecule has 0 N–H and O–H groups in total. The largest absolute Gasteiger partial charge is 0.392 e. The van der Waals surface area contributed by atoms with E-state index in [0.29, 0.717) is 5.69 Å². The fourth-order valence-corrected chi connectivity index (χ4v) is 1.30. The minimum Gasteiger partial charge on any atom is -0.0616 e. The first-order valence-corrected chi connectivity index (χ1v) is 3.74. The quantitative estimate of drug-likeness (QED) is 0.536. The summed E-state index contributed by atoms with van der Waals surface area (Å²) in [7, 11) is 0. The maximum absolute atomic E-state index is 8.66. The van der Waals surface area contributed by atoms with Crippen LogP contribution in [-0.2, 0) is 0 Å². The second kappa shape index (κ2) is 2.63. The Hall–Kier alpha value is -1.88. The van der Waals surface area contributed by atoms with Gasteiger partial charge in [0.15, 0.2) is 4.98 Å². The normalized spacial score (nSPS) is 9.58. The number of diazo groups is 1. The molecule has 0 aliphatic carbocycles. The fraction of sp³-hybridized carbons (Fsp3) is 0. The van der Waals surface area contributed by atoms with E-state index in [1.165, 1.54) is 0 Å². The van der Waals surface area contributed by atoms with Gasteiger partial charge in [0.1, 0.15) is 0 Å². The van der Waals surface area contributed by atoms with Gasteiger partial charge in [-0.1, -0.05) is 30.3 Å². The predicted molar refractivity (Wildman–Crippen MR) is 48.7 cm³/mol. The highest BCUT2D eigenvalue weighted by Crippen LogP contribution is 2.24. The van der Waals surface area contributed by atoms with Gasteiger partial charge in [0, 0.05) is 6.07 Å². The van der Waals surface area contributed by atoms with E-state index in [4.69, 9.17) is 5.39 Å². The molecule has 0 aliphatic heterocycles. The summed E-state index contributed by atoms with van der Waals surface area (Å²) in [6.07, 6.45) is 0. The van der Waals surface area contributed by atoms with Gasteiger partial charge in [-0.25, -0.2) is 0 Å². The first kappa shape index (κ1) is 6.81. The summed E-state index contributed by atoms with van der Waals surface area (Å²) < 4.78 is 0. The van der Waals surface area contributed by atoms with Crippen molar-refractivity contribution in [2.45, 2.75) is 0 Å². The molecule has 0 fully saturated rings. The van der Waals surface area contributed by atoms with Gasteiger partial charge in [0.25, 0.3) is 0 Å². The van der Waals surface area contributed by atoms with Crippen molar-refractivity contribution >= 4 is 16.5 Å². The molecule has 56 valence electrons. The molecule has 0 aliphatic rings. The lowest BCUT2D eigenvalue weighted by Gasteiger charge is -1.90. The van der Waals surface area contributed by atoms with Gasteiger partial charge in [-0.2, -0.15) is 0 Å². The highest BCUT2D eigenvalue weighted by molar-refractivity contribution is 5.93. The molecule has 0 saturated heterocycles. The zero-order valence-corrected chi connectivity index (χ0v) is 6.44. The Labute approximate surface area is 70.1 Å². The molecule has 0 spiro atoms. The highest BCUT2D eigenvalue weighted by atomic mass is 14.8. The first-order chi connectivity index (χ1) is 5.92. The lowest BCUT2D eigenvalue weighted by atomic mass is 10.1. The molecule has 2 nitrogen and oxygen atoms in total. The zero-order valence-electron chi connectivity index (χ0n) is 6.44. The van der Waals surface area contributed by atoms with Gasteiger partial charge >= 0.3 is 5.69 Å². The Kier molecular flexibility index (Phi) is 1.49. The molecule has 0 bridgehead atoms. The molecular weight excluding hydrogens is 148 g/mol. The number of fused-ring (bicyclic) bond motifs is 1. The number of benzene rings is 2. The van der Waals surface area contributed by atoms with Crippen LogP contribution in [0.25, 0.3) is 15.7 Å². The van der Waals surface area contributed by atoms with Crippen molar-refractivity contribution in [1.29, 1.82) is 5.39 Å². The predicted octanol–water partition coefficient (Wildman–Crippen LogP) is 3.32. The van der Waals surface area contributed by atoms with Crippen molar-refractivity contribution in [2.75, 3.05) is 0 Å². The smallest absolute Gasteiger partial charge is 0.0616 e. The Bertz CT molecular complexity index is 449. The molecule has 0 saturated carbocycles. The summed E-state index contributed by atoms with van der Waals surface area (Å²) in [5.74, 6) is 0. The lowest BCUT2D eigenvalue weighted by molar-refractivity contribution is 1.47. The third kappa shape index (κ3) is 0.923. The van der Waals surface area contributed by atoms with Crippen molar-refractivity contribution < 1.29 is 0 Å². The molecule has 0 radical (unpaired) electrons. The van der Waals surface area contributed by atoms with Gasteiger partial charge in [-0.15, -0.1) is 0 Å². The van der Waals surface area contributed by atoms with E-state index in [0.717, 1.165) is 10.8 Å². The molecule has 0 atom stereocenters. The van der Waals surface area contributed by atoms with Crippen LogP contribution in [0.4, 0.5) is 5.69 Å². The monoisotopic (exact) mass is 155 g/mol. The van der Waals surface area contributed by atoms with Crippen LogP contribution in [-0.4, -0.2) is 0 Å². The molecule has 0 amide bonds. The van der Waals surface area contributed by atoms with E-state index in [9.17, 15) is 0 Å². The van der Waals surface area contributed by atoms with E-state index in [2.05, 4.69) is 4.98 Å². The minimum absolute atomic E-state index is 0.619. The molecule has 2 aromatic carbocycles. The van der Waals surface area contributed by atoms with Gasteiger partial charge in [0.2, 0.25) is 5.39 Å². The van der Waals surface area contributed by atoms with Crippen LogP contribution < -0.4 is 0 Å². The topological polar surface area (TPSA) is 28.1 Å².